The molecule has 3 fully saturated rings. The summed E-state index contributed by atoms with van der Waals surface area (Å²) in [5.41, 5.74) is 0. The van der Waals surface area contributed by atoms with E-state index in [2.05, 4.69) is 0 Å². The zero-order valence-corrected chi connectivity index (χ0v) is 8.92. The minimum Gasteiger partial charge on any atom is -0.375 e. The average molecular weight is 223 g/mol. The summed E-state index contributed by atoms with van der Waals surface area (Å²) in [4.78, 5) is 1.58. The predicted octanol–water partition coefficient (Wildman–Crippen LogP) is 2.19. The van der Waals surface area contributed by atoms with E-state index in [9.17, 15) is 13.2 Å². The standard InChI is InChI=1S/C10H16F3NO/c1-6(2)14-7-3-4-8(15-5-7)9(14)10(11,12)13/h6-9H,3-5H2,1-2H3. The number of fused-ring (bicyclic) bond motifs is 3. The quantitative estimate of drug-likeness (QED) is 0.675. The van der Waals surface area contributed by atoms with Gasteiger partial charge in [-0.2, -0.15) is 13.2 Å². The maximum atomic E-state index is 12.9. The van der Waals surface area contributed by atoms with E-state index in [0.717, 1.165) is 6.42 Å². The molecule has 5 heteroatoms. The van der Waals surface area contributed by atoms with Gasteiger partial charge in [0.1, 0.15) is 6.04 Å². The van der Waals surface area contributed by atoms with Gasteiger partial charge in [-0.3, -0.25) is 4.90 Å². The highest BCUT2D eigenvalue weighted by Gasteiger charge is 2.56. The number of nitrogens with zero attached hydrogens (tertiary/aromatic N) is 1. The fourth-order valence-electron chi connectivity index (χ4n) is 2.78. The number of hydrogen-bond acceptors (Lipinski definition) is 2. The van der Waals surface area contributed by atoms with E-state index >= 15 is 0 Å². The van der Waals surface area contributed by atoms with Crippen LogP contribution in [0.2, 0.25) is 0 Å². The third-order valence-corrected chi connectivity index (χ3v) is 3.31. The molecule has 3 saturated heterocycles. The molecule has 3 aliphatic heterocycles. The van der Waals surface area contributed by atoms with Gasteiger partial charge >= 0.3 is 6.18 Å². The number of piperidine rings is 1. The first kappa shape index (κ1) is 11.2. The number of hydrogen-bond donors (Lipinski definition) is 0. The molecule has 3 unspecified atom stereocenters. The van der Waals surface area contributed by atoms with Gasteiger partial charge in [0.2, 0.25) is 0 Å². The summed E-state index contributed by atoms with van der Waals surface area (Å²) < 4.78 is 43.9. The minimum absolute atomic E-state index is 0.0541. The van der Waals surface area contributed by atoms with Crippen molar-refractivity contribution in [1.82, 2.24) is 4.90 Å². The second-order valence-corrected chi connectivity index (χ2v) is 4.63. The molecule has 3 rings (SSSR count). The Labute approximate surface area is 87.4 Å². The first-order chi connectivity index (χ1) is 6.91. The Hall–Kier alpha value is -0.290. The molecule has 0 aliphatic carbocycles. The van der Waals surface area contributed by atoms with Crippen LogP contribution in [-0.4, -0.2) is 41.9 Å². The van der Waals surface area contributed by atoms with Gasteiger partial charge in [-0.1, -0.05) is 0 Å². The molecule has 3 atom stereocenters. The lowest BCUT2D eigenvalue weighted by Crippen LogP contribution is -2.67. The fourth-order valence-corrected chi connectivity index (χ4v) is 2.78. The van der Waals surface area contributed by atoms with Crippen molar-refractivity contribution < 1.29 is 17.9 Å². The average Bonchev–Trinajstić information content (AvgIpc) is 2.16. The molecule has 88 valence electrons. The molecule has 0 aromatic rings. The Morgan fingerprint density at radius 1 is 1.27 bits per heavy atom. The number of morpholine rings is 1. The normalized spacial score (nSPS) is 37.6. The summed E-state index contributed by atoms with van der Waals surface area (Å²) in [7, 11) is 0. The number of alkyl halides is 3. The van der Waals surface area contributed by atoms with E-state index in [-0.39, 0.29) is 12.1 Å². The molecular formula is C10H16F3NO. The largest absolute Gasteiger partial charge is 0.406 e. The van der Waals surface area contributed by atoms with Crippen LogP contribution in [0.15, 0.2) is 0 Å². The zero-order chi connectivity index (χ0) is 11.2. The predicted molar refractivity (Wildman–Crippen MR) is 49.6 cm³/mol. The summed E-state index contributed by atoms with van der Waals surface area (Å²) in [5.74, 6) is 0. The Morgan fingerprint density at radius 2 is 1.93 bits per heavy atom. The molecule has 0 saturated carbocycles. The monoisotopic (exact) mass is 223 g/mol. The molecule has 15 heavy (non-hydrogen) atoms. The summed E-state index contributed by atoms with van der Waals surface area (Å²) in [6.07, 6.45) is -3.46. The van der Waals surface area contributed by atoms with Gasteiger partial charge in [0.05, 0.1) is 12.7 Å². The molecule has 3 aliphatic rings. The van der Waals surface area contributed by atoms with E-state index in [1.807, 2.05) is 13.8 Å². The number of rotatable bonds is 1. The van der Waals surface area contributed by atoms with Crippen molar-refractivity contribution in [2.75, 3.05) is 6.61 Å². The van der Waals surface area contributed by atoms with E-state index in [1.165, 1.54) is 0 Å². The Kier molecular flexibility index (Phi) is 2.71. The van der Waals surface area contributed by atoms with Crippen molar-refractivity contribution in [3.05, 3.63) is 0 Å². The third kappa shape index (κ3) is 1.87. The lowest BCUT2D eigenvalue weighted by atomic mass is 9.88. The van der Waals surface area contributed by atoms with Crippen molar-refractivity contribution in [3.63, 3.8) is 0 Å². The van der Waals surface area contributed by atoms with Crippen LogP contribution in [0.3, 0.4) is 0 Å². The van der Waals surface area contributed by atoms with Crippen LogP contribution in [0, 0.1) is 0 Å². The summed E-state index contributed by atoms with van der Waals surface area (Å²) in [6, 6.07) is -1.53. The lowest BCUT2D eigenvalue weighted by molar-refractivity contribution is -0.268. The topological polar surface area (TPSA) is 12.5 Å². The zero-order valence-electron chi connectivity index (χ0n) is 8.92. The second kappa shape index (κ2) is 3.63. The van der Waals surface area contributed by atoms with Gasteiger partial charge in [0.25, 0.3) is 0 Å². The maximum absolute atomic E-state index is 12.9. The maximum Gasteiger partial charge on any atom is 0.406 e. The van der Waals surface area contributed by atoms with Gasteiger partial charge in [0, 0.05) is 12.1 Å². The van der Waals surface area contributed by atoms with Crippen LogP contribution < -0.4 is 0 Å². The van der Waals surface area contributed by atoms with Crippen LogP contribution in [-0.2, 0) is 4.74 Å². The van der Waals surface area contributed by atoms with Gasteiger partial charge in [-0.25, -0.2) is 0 Å². The van der Waals surface area contributed by atoms with Gasteiger partial charge in [-0.05, 0) is 26.7 Å². The van der Waals surface area contributed by atoms with E-state index < -0.39 is 18.3 Å². The lowest BCUT2D eigenvalue weighted by Gasteiger charge is -2.53. The molecule has 3 heterocycles. The Morgan fingerprint density at radius 3 is 2.27 bits per heavy atom. The molecule has 0 radical (unpaired) electrons. The molecule has 2 nitrogen and oxygen atoms in total. The second-order valence-electron chi connectivity index (χ2n) is 4.63. The van der Waals surface area contributed by atoms with Crippen molar-refractivity contribution in [2.45, 2.75) is 57.1 Å². The highest BCUT2D eigenvalue weighted by Crippen LogP contribution is 2.40. The SMILES string of the molecule is CC(C)N1C2CCC(OC2)C1C(F)(F)F. The molecular weight excluding hydrogens is 207 g/mol. The van der Waals surface area contributed by atoms with Gasteiger partial charge < -0.3 is 4.74 Å². The van der Waals surface area contributed by atoms with E-state index in [0.29, 0.717) is 13.0 Å². The van der Waals surface area contributed by atoms with Crippen molar-refractivity contribution in [1.29, 1.82) is 0 Å². The molecule has 0 aromatic heterocycles. The van der Waals surface area contributed by atoms with Gasteiger partial charge in [0.15, 0.2) is 0 Å². The summed E-state index contributed by atoms with van der Waals surface area (Å²) >= 11 is 0. The molecule has 0 aromatic carbocycles. The van der Waals surface area contributed by atoms with E-state index in [4.69, 9.17) is 4.74 Å². The van der Waals surface area contributed by atoms with Crippen molar-refractivity contribution in [2.24, 2.45) is 0 Å². The third-order valence-electron chi connectivity index (χ3n) is 3.31. The van der Waals surface area contributed by atoms with Crippen LogP contribution >= 0.6 is 0 Å². The highest BCUT2D eigenvalue weighted by atomic mass is 19.4. The minimum atomic E-state index is -4.17. The number of ether oxygens (including phenoxy) is 1. The van der Waals surface area contributed by atoms with Crippen molar-refractivity contribution >= 4 is 0 Å². The van der Waals surface area contributed by atoms with Crippen LogP contribution in [0.4, 0.5) is 13.2 Å². The van der Waals surface area contributed by atoms with Crippen LogP contribution in [0.25, 0.3) is 0 Å². The van der Waals surface area contributed by atoms with Crippen LogP contribution in [0.1, 0.15) is 26.7 Å². The molecule has 0 amide bonds. The fraction of sp³-hybridized carbons (Fsp3) is 1.00. The van der Waals surface area contributed by atoms with Gasteiger partial charge in [-0.15, -0.1) is 0 Å². The Balaban J connectivity index is 2.25. The first-order valence-electron chi connectivity index (χ1n) is 5.37. The van der Waals surface area contributed by atoms with E-state index in [1.54, 1.807) is 4.90 Å². The number of halogens is 3. The summed E-state index contributed by atoms with van der Waals surface area (Å²) in [5, 5.41) is 0. The van der Waals surface area contributed by atoms with Crippen molar-refractivity contribution in [3.8, 4) is 0 Å². The van der Waals surface area contributed by atoms with Crippen LogP contribution in [0.5, 0.6) is 0 Å². The molecule has 0 N–H and O–H groups in total. The summed E-state index contributed by atoms with van der Waals surface area (Å²) in [6.45, 7) is 4.09. The Bertz CT molecular complexity index is 233. The molecule has 0 spiro atoms. The molecule has 2 bridgehead atoms. The smallest absolute Gasteiger partial charge is 0.375 e. The first-order valence-corrected chi connectivity index (χ1v) is 5.37. The highest BCUT2D eigenvalue weighted by molar-refractivity contribution is 4.99.